The van der Waals surface area contributed by atoms with Crippen LogP contribution in [0.25, 0.3) is 10.8 Å². The van der Waals surface area contributed by atoms with Gasteiger partial charge in [-0.1, -0.05) is 67.9 Å². The highest BCUT2D eigenvalue weighted by atomic mass is 35.5. The van der Waals surface area contributed by atoms with Gasteiger partial charge in [0.05, 0.1) is 0 Å². The van der Waals surface area contributed by atoms with E-state index >= 15 is 0 Å². The summed E-state index contributed by atoms with van der Waals surface area (Å²) in [4.78, 5) is 2.42. The summed E-state index contributed by atoms with van der Waals surface area (Å²) in [7, 11) is 0. The van der Waals surface area contributed by atoms with Crippen LogP contribution in [0, 0.1) is 0 Å². The molecule has 0 spiro atoms. The summed E-state index contributed by atoms with van der Waals surface area (Å²) < 4.78 is 6.20. The minimum Gasteiger partial charge on any atom is -0.489 e. The molecule has 0 radical (unpaired) electrons. The minimum atomic E-state index is 0.530. The Bertz CT molecular complexity index is 875. The van der Waals surface area contributed by atoms with Gasteiger partial charge in [0, 0.05) is 30.2 Å². The van der Waals surface area contributed by atoms with E-state index in [2.05, 4.69) is 60.5 Å². The highest BCUT2D eigenvalue weighted by Crippen LogP contribution is 2.29. The molecular weight excluding hydrogens is 368 g/mol. The third-order valence-electron chi connectivity index (χ3n) is 5.11. The van der Waals surface area contributed by atoms with Crippen molar-refractivity contribution in [3.05, 3.63) is 76.8 Å². The van der Waals surface area contributed by atoms with Crippen LogP contribution >= 0.6 is 11.6 Å². The third-order valence-corrected chi connectivity index (χ3v) is 5.36. The summed E-state index contributed by atoms with van der Waals surface area (Å²) >= 11 is 5.98. The first-order valence-electron chi connectivity index (χ1n) is 10.0. The number of rotatable bonds is 10. The Hall–Kier alpha value is -2.07. The maximum atomic E-state index is 6.20. The number of hydrogen-bond acceptors (Lipinski definition) is 3. The first-order valence-corrected chi connectivity index (χ1v) is 10.4. The van der Waals surface area contributed by atoms with Gasteiger partial charge in [-0.25, -0.2) is 0 Å². The maximum absolute atomic E-state index is 6.20. The van der Waals surface area contributed by atoms with Crippen molar-refractivity contribution >= 4 is 22.4 Å². The van der Waals surface area contributed by atoms with Crippen LogP contribution in [0.4, 0.5) is 0 Å². The van der Waals surface area contributed by atoms with Gasteiger partial charge in [-0.2, -0.15) is 0 Å². The van der Waals surface area contributed by atoms with E-state index in [1.54, 1.807) is 0 Å². The maximum Gasteiger partial charge on any atom is 0.124 e. The molecule has 0 atom stereocenters. The molecule has 3 aromatic rings. The van der Waals surface area contributed by atoms with Crippen LogP contribution in [0.5, 0.6) is 5.75 Å². The molecule has 0 aliphatic rings. The standard InChI is InChI=1S/C24H29ClN2O/c1-3-27(4-2)16-15-26-17-23-22-8-6-5-7-20(22)11-14-24(23)28-18-19-9-12-21(25)13-10-19/h5-14,26H,3-4,15-18H2,1-2H3. The van der Waals surface area contributed by atoms with E-state index in [1.165, 1.54) is 16.3 Å². The van der Waals surface area contributed by atoms with Crippen molar-refractivity contribution in [2.24, 2.45) is 0 Å². The molecule has 148 valence electrons. The van der Waals surface area contributed by atoms with Crippen molar-refractivity contribution in [2.45, 2.75) is 27.0 Å². The van der Waals surface area contributed by atoms with Crippen LogP contribution < -0.4 is 10.1 Å². The molecule has 0 unspecified atom stereocenters. The van der Waals surface area contributed by atoms with Gasteiger partial charge >= 0.3 is 0 Å². The number of benzene rings is 3. The lowest BCUT2D eigenvalue weighted by atomic mass is 10.0. The molecule has 0 aliphatic carbocycles. The normalized spacial score (nSPS) is 11.3. The average molecular weight is 397 g/mol. The Morgan fingerprint density at radius 1 is 0.929 bits per heavy atom. The molecule has 3 rings (SSSR count). The second kappa shape index (κ2) is 10.5. The van der Waals surface area contributed by atoms with Crippen LogP contribution in [0.3, 0.4) is 0 Å². The van der Waals surface area contributed by atoms with Crippen LogP contribution in [0.2, 0.25) is 5.02 Å². The second-order valence-electron chi connectivity index (χ2n) is 6.88. The molecule has 0 saturated heterocycles. The number of hydrogen-bond donors (Lipinski definition) is 1. The second-order valence-corrected chi connectivity index (χ2v) is 7.32. The Morgan fingerprint density at radius 2 is 1.68 bits per heavy atom. The Kier molecular flexibility index (Phi) is 7.72. The van der Waals surface area contributed by atoms with Crippen LogP contribution in [0.15, 0.2) is 60.7 Å². The zero-order valence-electron chi connectivity index (χ0n) is 16.7. The molecule has 0 heterocycles. The van der Waals surface area contributed by atoms with E-state index in [9.17, 15) is 0 Å². The van der Waals surface area contributed by atoms with E-state index < -0.39 is 0 Å². The fraction of sp³-hybridized carbons (Fsp3) is 0.333. The van der Waals surface area contributed by atoms with Gasteiger partial charge in [-0.15, -0.1) is 0 Å². The molecule has 3 nitrogen and oxygen atoms in total. The van der Waals surface area contributed by atoms with E-state index in [0.29, 0.717) is 6.61 Å². The lowest BCUT2D eigenvalue weighted by Crippen LogP contribution is -2.31. The summed E-state index contributed by atoms with van der Waals surface area (Å²) in [5.41, 5.74) is 2.32. The van der Waals surface area contributed by atoms with Gasteiger partial charge in [0.1, 0.15) is 12.4 Å². The molecule has 28 heavy (non-hydrogen) atoms. The quantitative estimate of drug-likeness (QED) is 0.457. The van der Waals surface area contributed by atoms with Crippen molar-refractivity contribution in [1.82, 2.24) is 10.2 Å². The van der Waals surface area contributed by atoms with E-state index in [-0.39, 0.29) is 0 Å². The predicted octanol–water partition coefficient (Wildman–Crippen LogP) is 5.50. The average Bonchev–Trinajstić information content (AvgIpc) is 2.74. The highest BCUT2D eigenvalue weighted by Gasteiger charge is 2.09. The largest absolute Gasteiger partial charge is 0.489 e. The van der Waals surface area contributed by atoms with E-state index in [1.807, 2.05) is 24.3 Å². The zero-order valence-corrected chi connectivity index (χ0v) is 17.5. The summed E-state index contributed by atoms with van der Waals surface area (Å²) in [5.74, 6) is 0.934. The van der Waals surface area contributed by atoms with Crippen molar-refractivity contribution in [1.29, 1.82) is 0 Å². The molecule has 0 amide bonds. The molecule has 0 aromatic heterocycles. The number of fused-ring (bicyclic) bond motifs is 1. The molecule has 0 saturated carbocycles. The van der Waals surface area contributed by atoms with Crippen molar-refractivity contribution < 1.29 is 4.74 Å². The van der Waals surface area contributed by atoms with Crippen molar-refractivity contribution in [3.8, 4) is 5.75 Å². The Labute approximate surface area is 173 Å². The molecular formula is C24H29ClN2O. The first-order chi connectivity index (χ1) is 13.7. The Balaban J connectivity index is 1.73. The first kappa shape index (κ1) is 20.7. The predicted molar refractivity (Wildman–Crippen MR) is 119 cm³/mol. The smallest absolute Gasteiger partial charge is 0.124 e. The number of nitrogens with one attached hydrogen (secondary N) is 1. The molecule has 0 aliphatic heterocycles. The molecule has 4 heteroatoms. The minimum absolute atomic E-state index is 0.530. The van der Waals surface area contributed by atoms with Gasteiger partial charge in [-0.3, -0.25) is 0 Å². The topological polar surface area (TPSA) is 24.5 Å². The summed E-state index contributed by atoms with van der Waals surface area (Å²) in [5, 5.41) is 6.82. The fourth-order valence-corrected chi connectivity index (χ4v) is 3.49. The van der Waals surface area contributed by atoms with E-state index in [0.717, 1.165) is 49.1 Å². The van der Waals surface area contributed by atoms with Gasteiger partial charge in [0.25, 0.3) is 0 Å². The summed E-state index contributed by atoms with van der Waals surface area (Å²) in [6.45, 7) is 9.92. The fourth-order valence-electron chi connectivity index (χ4n) is 3.37. The van der Waals surface area contributed by atoms with Gasteiger partial charge < -0.3 is 15.0 Å². The monoisotopic (exact) mass is 396 g/mol. The van der Waals surface area contributed by atoms with Gasteiger partial charge in [0.2, 0.25) is 0 Å². The molecule has 0 fully saturated rings. The molecule has 1 N–H and O–H groups in total. The lowest BCUT2D eigenvalue weighted by Gasteiger charge is -2.19. The summed E-state index contributed by atoms with van der Waals surface area (Å²) in [6, 6.07) is 20.5. The van der Waals surface area contributed by atoms with Gasteiger partial charge in [-0.05, 0) is 47.6 Å². The number of likely N-dealkylation sites (N-methyl/N-ethyl adjacent to an activating group) is 1. The molecule has 0 bridgehead atoms. The summed E-state index contributed by atoms with van der Waals surface area (Å²) in [6.07, 6.45) is 0. The zero-order chi connectivity index (χ0) is 19.8. The van der Waals surface area contributed by atoms with Gasteiger partial charge in [0.15, 0.2) is 0 Å². The van der Waals surface area contributed by atoms with Crippen molar-refractivity contribution in [3.63, 3.8) is 0 Å². The Morgan fingerprint density at radius 3 is 2.43 bits per heavy atom. The number of nitrogens with zero attached hydrogens (tertiary/aromatic N) is 1. The van der Waals surface area contributed by atoms with Crippen LogP contribution in [-0.4, -0.2) is 31.1 Å². The SMILES string of the molecule is CCN(CC)CCNCc1c(OCc2ccc(Cl)cc2)ccc2ccccc12. The lowest BCUT2D eigenvalue weighted by molar-refractivity contribution is 0.296. The van der Waals surface area contributed by atoms with Crippen molar-refractivity contribution in [2.75, 3.05) is 26.2 Å². The number of ether oxygens (including phenoxy) is 1. The number of halogens is 1. The van der Waals surface area contributed by atoms with E-state index in [4.69, 9.17) is 16.3 Å². The third kappa shape index (κ3) is 5.48. The van der Waals surface area contributed by atoms with Crippen LogP contribution in [0.1, 0.15) is 25.0 Å². The van der Waals surface area contributed by atoms with Crippen LogP contribution in [-0.2, 0) is 13.2 Å². The molecule has 3 aromatic carbocycles. The highest BCUT2D eigenvalue weighted by molar-refractivity contribution is 6.30.